The third-order valence-electron chi connectivity index (χ3n) is 3.60. The van der Waals surface area contributed by atoms with Crippen molar-refractivity contribution in [2.45, 2.75) is 38.8 Å². The molecule has 0 spiro atoms. The molecule has 0 radical (unpaired) electrons. The number of hydrogen-bond acceptors (Lipinski definition) is 2. The van der Waals surface area contributed by atoms with Crippen LogP contribution >= 0.6 is 15.9 Å². The van der Waals surface area contributed by atoms with Crippen molar-refractivity contribution in [1.82, 2.24) is 4.90 Å². The molecule has 20 heavy (non-hydrogen) atoms. The van der Waals surface area contributed by atoms with E-state index in [0.717, 1.165) is 5.56 Å². The van der Waals surface area contributed by atoms with E-state index in [1.807, 2.05) is 4.90 Å². The molecule has 1 aliphatic heterocycles. The van der Waals surface area contributed by atoms with Gasteiger partial charge in [-0.1, -0.05) is 35.8 Å². The highest BCUT2D eigenvalue weighted by atomic mass is 79.9. The van der Waals surface area contributed by atoms with E-state index < -0.39 is 0 Å². The van der Waals surface area contributed by atoms with Crippen molar-refractivity contribution < 1.29 is 9.18 Å². The summed E-state index contributed by atoms with van der Waals surface area (Å²) in [5.74, 6) is 0.194. The van der Waals surface area contributed by atoms with Gasteiger partial charge in [-0.25, -0.2) is 4.39 Å². The summed E-state index contributed by atoms with van der Waals surface area (Å²) in [6, 6.07) is 4.26. The van der Waals surface area contributed by atoms with Crippen LogP contribution in [-0.2, 0) is 4.79 Å². The summed E-state index contributed by atoms with van der Waals surface area (Å²) < 4.78 is 13.9. The highest BCUT2D eigenvalue weighted by Crippen LogP contribution is 2.35. The lowest BCUT2D eigenvalue weighted by Gasteiger charge is -2.41. The lowest BCUT2D eigenvalue weighted by molar-refractivity contribution is -0.138. The second-order valence-corrected chi connectivity index (χ2v) is 6.61. The topological polar surface area (TPSA) is 46.3 Å². The van der Waals surface area contributed by atoms with E-state index in [0.29, 0.717) is 29.8 Å². The highest BCUT2D eigenvalue weighted by molar-refractivity contribution is 9.10. The minimum atomic E-state index is -0.299. The number of amides is 1. The fourth-order valence-corrected chi connectivity index (χ4v) is 3.31. The molecule has 110 valence electrons. The monoisotopic (exact) mass is 342 g/mol. The lowest BCUT2D eigenvalue weighted by Crippen LogP contribution is -2.50. The van der Waals surface area contributed by atoms with Crippen LogP contribution in [0, 0.1) is 11.7 Å². The van der Waals surface area contributed by atoms with Gasteiger partial charge in [0.25, 0.3) is 0 Å². The Bertz CT molecular complexity index is 507. The number of benzene rings is 1. The van der Waals surface area contributed by atoms with Crippen LogP contribution in [-0.4, -0.2) is 23.4 Å². The van der Waals surface area contributed by atoms with E-state index in [9.17, 15) is 9.18 Å². The van der Waals surface area contributed by atoms with Crippen molar-refractivity contribution in [3.05, 3.63) is 34.1 Å². The van der Waals surface area contributed by atoms with E-state index in [1.165, 1.54) is 12.1 Å². The molecule has 1 fully saturated rings. The molecule has 2 rings (SSSR count). The zero-order chi connectivity index (χ0) is 14.9. The molecule has 1 aliphatic rings. The summed E-state index contributed by atoms with van der Waals surface area (Å²) in [6.45, 7) is 4.81. The van der Waals surface area contributed by atoms with Crippen molar-refractivity contribution in [3.63, 3.8) is 0 Å². The average molecular weight is 343 g/mol. The fraction of sp³-hybridized carbons (Fsp3) is 0.533. The number of rotatable bonds is 3. The average Bonchev–Trinajstić information content (AvgIpc) is 2.35. The van der Waals surface area contributed by atoms with Gasteiger partial charge in [0.2, 0.25) is 5.91 Å². The molecule has 1 amide bonds. The summed E-state index contributed by atoms with van der Waals surface area (Å²) >= 11 is 3.39. The first-order valence-electron chi connectivity index (χ1n) is 6.90. The Morgan fingerprint density at radius 1 is 1.50 bits per heavy atom. The maximum absolute atomic E-state index is 13.3. The second-order valence-electron chi connectivity index (χ2n) is 5.75. The van der Waals surface area contributed by atoms with Crippen LogP contribution in [0.1, 0.15) is 38.3 Å². The first-order chi connectivity index (χ1) is 9.40. The minimum absolute atomic E-state index is 0.117. The largest absolute Gasteiger partial charge is 0.334 e. The van der Waals surface area contributed by atoms with Gasteiger partial charge in [0.1, 0.15) is 5.82 Å². The predicted octanol–water partition coefficient (Wildman–Crippen LogP) is 3.24. The van der Waals surface area contributed by atoms with E-state index in [2.05, 4.69) is 29.8 Å². The van der Waals surface area contributed by atoms with Gasteiger partial charge in [-0.2, -0.15) is 0 Å². The number of carbonyl (C=O) groups is 1. The Kier molecular flexibility index (Phi) is 4.81. The van der Waals surface area contributed by atoms with Gasteiger partial charge in [-0.05, 0) is 30.0 Å². The molecule has 3 nitrogen and oxygen atoms in total. The molecule has 2 N–H and O–H groups in total. The molecule has 1 aromatic carbocycles. The van der Waals surface area contributed by atoms with Gasteiger partial charge in [0, 0.05) is 23.5 Å². The lowest BCUT2D eigenvalue weighted by atomic mass is 9.90. The smallest absolute Gasteiger partial charge is 0.223 e. The molecule has 1 heterocycles. The molecule has 0 saturated carbocycles. The summed E-state index contributed by atoms with van der Waals surface area (Å²) in [4.78, 5) is 14.1. The standard InChI is InChI=1S/C15H20BrFN2O/c1-9(2)8-19-14(20)6-5-13(18)15(19)11-4-3-10(17)7-12(11)16/h3-4,7,9,13,15H,5-6,8,18H2,1-2H3. The van der Waals surface area contributed by atoms with E-state index in [-0.39, 0.29) is 23.8 Å². The molecule has 2 atom stereocenters. The van der Waals surface area contributed by atoms with Crippen LogP contribution < -0.4 is 5.73 Å². The summed E-state index contributed by atoms with van der Waals surface area (Å²) in [5, 5.41) is 0. The minimum Gasteiger partial charge on any atom is -0.334 e. The first-order valence-corrected chi connectivity index (χ1v) is 7.69. The Labute approximate surface area is 127 Å². The molecule has 0 aliphatic carbocycles. The van der Waals surface area contributed by atoms with Crippen molar-refractivity contribution in [2.24, 2.45) is 11.7 Å². The molecule has 2 unspecified atom stereocenters. The van der Waals surface area contributed by atoms with Crippen LogP contribution in [0.15, 0.2) is 22.7 Å². The van der Waals surface area contributed by atoms with Crippen molar-refractivity contribution in [1.29, 1.82) is 0 Å². The van der Waals surface area contributed by atoms with Gasteiger partial charge in [0.15, 0.2) is 0 Å². The van der Waals surface area contributed by atoms with Crippen molar-refractivity contribution >= 4 is 21.8 Å². The zero-order valence-corrected chi connectivity index (χ0v) is 13.4. The van der Waals surface area contributed by atoms with Gasteiger partial charge in [0.05, 0.1) is 6.04 Å². The summed E-state index contributed by atoms with van der Waals surface area (Å²) in [7, 11) is 0. The van der Waals surface area contributed by atoms with E-state index in [1.54, 1.807) is 6.07 Å². The molecule has 1 aromatic rings. The van der Waals surface area contributed by atoms with E-state index >= 15 is 0 Å². The quantitative estimate of drug-likeness (QED) is 0.916. The predicted molar refractivity (Wildman–Crippen MR) is 80.6 cm³/mol. The fourth-order valence-electron chi connectivity index (χ4n) is 2.73. The second kappa shape index (κ2) is 6.22. The Morgan fingerprint density at radius 2 is 2.20 bits per heavy atom. The van der Waals surface area contributed by atoms with Crippen LogP contribution in [0.4, 0.5) is 4.39 Å². The Hall–Kier alpha value is -0.940. The number of halogens is 2. The molecule has 0 bridgehead atoms. The van der Waals surface area contributed by atoms with Gasteiger partial charge in [-0.15, -0.1) is 0 Å². The Balaban J connectivity index is 2.39. The molecular formula is C15H20BrFN2O. The van der Waals surface area contributed by atoms with Gasteiger partial charge < -0.3 is 10.6 Å². The van der Waals surface area contributed by atoms with Gasteiger partial charge in [-0.3, -0.25) is 4.79 Å². The maximum atomic E-state index is 13.3. The van der Waals surface area contributed by atoms with Crippen LogP contribution in [0.5, 0.6) is 0 Å². The van der Waals surface area contributed by atoms with Crippen molar-refractivity contribution in [2.75, 3.05) is 6.54 Å². The number of likely N-dealkylation sites (tertiary alicyclic amines) is 1. The molecule has 0 aromatic heterocycles. The zero-order valence-electron chi connectivity index (χ0n) is 11.8. The third-order valence-corrected chi connectivity index (χ3v) is 4.28. The number of carbonyl (C=O) groups excluding carboxylic acids is 1. The molecular weight excluding hydrogens is 323 g/mol. The SMILES string of the molecule is CC(C)CN1C(=O)CCC(N)C1c1ccc(F)cc1Br. The summed E-state index contributed by atoms with van der Waals surface area (Å²) in [6.07, 6.45) is 1.16. The normalized spacial score (nSPS) is 23.5. The number of nitrogens with two attached hydrogens (primary N) is 1. The van der Waals surface area contributed by atoms with Crippen LogP contribution in [0.2, 0.25) is 0 Å². The third kappa shape index (κ3) is 3.20. The number of nitrogens with zero attached hydrogens (tertiary/aromatic N) is 1. The summed E-state index contributed by atoms with van der Waals surface area (Å²) in [5.41, 5.74) is 7.12. The first kappa shape index (κ1) is 15.4. The Morgan fingerprint density at radius 3 is 2.80 bits per heavy atom. The molecule has 5 heteroatoms. The van der Waals surface area contributed by atoms with Crippen molar-refractivity contribution in [3.8, 4) is 0 Å². The maximum Gasteiger partial charge on any atom is 0.223 e. The molecule has 1 saturated heterocycles. The highest BCUT2D eigenvalue weighted by Gasteiger charge is 2.36. The number of hydrogen-bond donors (Lipinski definition) is 1. The number of piperidine rings is 1. The van der Waals surface area contributed by atoms with Crippen LogP contribution in [0.3, 0.4) is 0 Å². The van der Waals surface area contributed by atoms with Gasteiger partial charge >= 0.3 is 0 Å². The van der Waals surface area contributed by atoms with E-state index in [4.69, 9.17) is 5.73 Å². The van der Waals surface area contributed by atoms with Crippen LogP contribution in [0.25, 0.3) is 0 Å².